The number of hydrogen-bond acceptors (Lipinski definition) is 6. The third kappa shape index (κ3) is 3.30. The summed E-state index contributed by atoms with van der Waals surface area (Å²) in [4.78, 5) is 25.5. The molecule has 2 aromatic heterocycles. The minimum Gasteiger partial charge on any atom is -0.383 e. The number of nitrogen functional groups attached to an aromatic ring is 1. The lowest BCUT2D eigenvalue weighted by molar-refractivity contribution is -0.131. The number of piperidine rings is 1. The Morgan fingerprint density at radius 1 is 1.39 bits per heavy atom. The standard InChI is InChI=1S/C16H22N4OS2/c1-9-6-4-5-7-20(9)12(21)8-22-16-18-14(17)13-10(2)11(3)23-15(13)19-16/h9H,4-8H2,1-3H3,(H2,17,18,19). The molecule has 23 heavy (non-hydrogen) atoms. The number of fused-ring (bicyclic) bond motifs is 1. The molecule has 1 atom stereocenters. The van der Waals surface area contributed by atoms with Gasteiger partial charge in [-0.1, -0.05) is 11.8 Å². The molecule has 1 aliphatic heterocycles. The lowest BCUT2D eigenvalue weighted by atomic mass is 10.0. The van der Waals surface area contributed by atoms with E-state index in [1.807, 2.05) is 11.8 Å². The van der Waals surface area contributed by atoms with Gasteiger partial charge in [0.25, 0.3) is 0 Å². The van der Waals surface area contributed by atoms with Gasteiger partial charge in [-0.3, -0.25) is 4.79 Å². The summed E-state index contributed by atoms with van der Waals surface area (Å²) < 4.78 is 0. The zero-order chi connectivity index (χ0) is 16.6. The molecule has 0 radical (unpaired) electrons. The summed E-state index contributed by atoms with van der Waals surface area (Å²) >= 11 is 3.01. The SMILES string of the molecule is Cc1sc2nc(SCC(=O)N3CCCCC3C)nc(N)c2c1C. The predicted octanol–water partition coefficient (Wildman–Crippen LogP) is 3.38. The highest BCUT2D eigenvalue weighted by Gasteiger charge is 2.23. The van der Waals surface area contributed by atoms with Crippen molar-refractivity contribution in [2.24, 2.45) is 0 Å². The molecule has 2 aromatic rings. The van der Waals surface area contributed by atoms with E-state index in [0.717, 1.165) is 35.2 Å². The van der Waals surface area contributed by atoms with Crippen LogP contribution in [0, 0.1) is 13.8 Å². The Morgan fingerprint density at radius 2 is 2.17 bits per heavy atom. The van der Waals surface area contributed by atoms with Crippen LogP contribution < -0.4 is 5.73 Å². The number of carbonyl (C=O) groups is 1. The first-order chi connectivity index (χ1) is 11.0. The molecule has 0 spiro atoms. The third-order valence-corrected chi connectivity index (χ3v) is 6.42. The number of carbonyl (C=O) groups excluding carboxylic acids is 1. The molecule has 0 aromatic carbocycles. The molecule has 1 fully saturated rings. The molecule has 1 saturated heterocycles. The third-order valence-electron chi connectivity index (χ3n) is 4.48. The average molecular weight is 351 g/mol. The van der Waals surface area contributed by atoms with Crippen LogP contribution >= 0.6 is 23.1 Å². The van der Waals surface area contributed by atoms with Crippen molar-refractivity contribution in [2.45, 2.75) is 51.2 Å². The second kappa shape index (κ2) is 6.65. The van der Waals surface area contributed by atoms with Crippen LogP contribution in [-0.4, -0.2) is 39.1 Å². The first-order valence-corrected chi connectivity index (χ1v) is 9.73. The Kier molecular flexibility index (Phi) is 4.77. The van der Waals surface area contributed by atoms with Gasteiger partial charge in [-0.15, -0.1) is 11.3 Å². The molecule has 0 aliphatic carbocycles. The van der Waals surface area contributed by atoms with Crippen LogP contribution in [0.1, 0.15) is 36.6 Å². The van der Waals surface area contributed by atoms with E-state index in [-0.39, 0.29) is 5.91 Å². The lowest BCUT2D eigenvalue weighted by Gasteiger charge is -2.33. The van der Waals surface area contributed by atoms with Gasteiger partial charge < -0.3 is 10.6 Å². The topological polar surface area (TPSA) is 72.1 Å². The second-order valence-corrected chi connectivity index (χ2v) is 8.22. The van der Waals surface area contributed by atoms with Crippen LogP contribution in [0.4, 0.5) is 5.82 Å². The Hall–Kier alpha value is -1.34. The molecule has 3 heterocycles. The lowest BCUT2D eigenvalue weighted by Crippen LogP contribution is -2.42. The molecule has 124 valence electrons. The normalized spacial score (nSPS) is 18.6. The van der Waals surface area contributed by atoms with Gasteiger partial charge in [0.15, 0.2) is 5.16 Å². The number of thiophene rings is 1. The quantitative estimate of drug-likeness (QED) is 0.678. The number of amides is 1. The van der Waals surface area contributed by atoms with E-state index in [1.54, 1.807) is 11.3 Å². The molecule has 1 aliphatic rings. The molecule has 0 saturated carbocycles. The van der Waals surface area contributed by atoms with Crippen molar-refractivity contribution < 1.29 is 4.79 Å². The highest BCUT2D eigenvalue weighted by Crippen LogP contribution is 2.33. The highest BCUT2D eigenvalue weighted by atomic mass is 32.2. The van der Waals surface area contributed by atoms with Gasteiger partial charge in [0, 0.05) is 17.5 Å². The van der Waals surface area contributed by atoms with E-state index < -0.39 is 0 Å². The van der Waals surface area contributed by atoms with Crippen molar-refractivity contribution in [1.29, 1.82) is 0 Å². The maximum absolute atomic E-state index is 12.4. The minimum atomic E-state index is 0.169. The van der Waals surface area contributed by atoms with E-state index >= 15 is 0 Å². The molecule has 1 unspecified atom stereocenters. The summed E-state index contributed by atoms with van der Waals surface area (Å²) in [5.41, 5.74) is 7.24. The Morgan fingerprint density at radius 3 is 2.91 bits per heavy atom. The number of aromatic nitrogens is 2. The van der Waals surface area contributed by atoms with Crippen LogP contribution in [0.2, 0.25) is 0 Å². The molecular formula is C16H22N4OS2. The maximum atomic E-state index is 12.4. The fraction of sp³-hybridized carbons (Fsp3) is 0.562. The number of nitrogens with two attached hydrogens (primary N) is 1. The first kappa shape index (κ1) is 16.5. The van der Waals surface area contributed by atoms with Crippen molar-refractivity contribution in [3.63, 3.8) is 0 Å². The number of rotatable bonds is 3. The maximum Gasteiger partial charge on any atom is 0.233 e. The zero-order valence-corrected chi connectivity index (χ0v) is 15.4. The largest absolute Gasteiger partial charge is 0.383 e. The van der Waals surface area contributed by atoms with Crippen molar-refractivity contribution in [3.05, 3.63) is 10.4 Å². The van der Waals surface area contributed by atoms with Crippen LogP contribution in [0.5, 0.6) is 0 Å². The summed E-state index contributed by atoms with van der Waals surface area (Å²) in [7, 11) is 0. The summed E-state index contributed by atoms with van der Waals surface area (Å²) in [6.45, 7) is 7.10. The van der Waals surface area contributed by atoms with Gasteiger partial charge >= 0.3 is 0 Å². The minimum absolute atomic E-state index is 0.169. The number of likely N-dealkylation sites (tertiary alicyclic amines) is 1. The summed E-state index contributed by atoms with van der Waals surface area (Å²) in [6, 6.07) is 0.341. The van der Waals surface area contributed by atoms with Crippen LogP contribution in [0.3, 0.4) is 0 Å². The number of thioether (sulfide) groups is 1. The van der Waals surface area contributed by atoms with Gasteiger partial charge in [0.1, 0.15) is 10.6 Å². The van der Waals surface area contributed by atoms with Crippen molar-refractivity contribution in [2.75, 3.05) is 18.0 Å². The van der Waals surface area contributed by atoms with Gasteiger partial charge in [-0.05, 0) is 45.6 Å². The number of anilines is 1. The summed E-state index contributed by atoms with van der Waals surface area (Å²) in [6.07, 6.45) is 3.41. The molecular weight excluding hydrogens is 328 g/mol. The van der Waals surface area contributed by atoms with Crippen LogP contribution in [0.25, 0.3) is 10.2 Å². The molecule has 1 amide bonds. The monoisotopic (exact) mass is 350 g/mol. The Bertz CT molecular complexity index is 743. The van der Waals surface area contributed by atoms with E-state index in [9.17, 15) is 4.79 Å². The van der Waals surface area contributed by atoms with Gasteiger partial charge in [0.05, 0.1) is 11.1 Å². The smallest absolute Gasteiger partial charge is 0.233 e. The predicted molar refractivity (Wildman–Crippen MR) is 97.1 cm³/mol. The highest BCUT2D eigenvalue weighted by molar-refractivity contribution is 7.99. The van der Waals surface area contributed by atoms with E-state index in [4.69, 9.17) is 5.73 Å². The number of nitrogens with zero attached hydrogens (tertiary/aromatic N) is 3. The van der Waals surface area contributed by atoms with Crippen molar-refractivity contribution in [1.82, 2.24) is 14.9 Å². The average Bonchev–Trinajstić information content (AvgIpc) is 2.80. The molecule has 3 rings (SSSR count). The molecule has 2 N–H and O–H groups in total. The van der Waals surface area contributed by atoms with E-state index in [2.05, 4.69) is 23.8 Å². The molecule has 0 bridgehead atoms. The fourth-order valence-electron chi connectivity index (χ4n) is 3.00. The Labute approximate surface area is 144 Å². The molecule has 5 nitrogen and oxygen atoms in total. The fourth-order valence-corrected chi connectivity index (χ4v) is 4.83. The Balaban J connectivity index is 1.73. The summed E-state index contributed by atoms with van der Waals surface area (Å²) in [5.74, 6) is 1.06. The van der Waals surface area contributed by atoms with Crippen molar-refractivity contribution >= 4 is 45.0 Å². The summed E-state index contributed by atoms with van der Waals surface area (Å²) in [5, 5.41) is 1.54. The van der Waals surface area contributed by atoms with Gasteiger partial charge in [-0.2, -0.15) is 0 Å². The second-order valence-electron chi connectivity index (χ2n) is 6.08. The van der Waals surface area contributed by atoms with Crippen LogP contribution in [0.15, 0.2) is 5.16 Å². The van der Waals surface area contributed by atoms with Crippen LogP contribution in [-0.2, 0) is 4.79 Å². The first-order valence-electron chi connectivity index (χ1n) is 7.93. The molecule has 7 heteroatoms. The number of hydrogen-bond donors (Lipinski definition) is 1. The van der Waals surface area contributed by atoms with Gasteiger partial charge in [0.2, 0.25) is 5.91 Å². The van der Waals surface area contributed by atoms with E-state index in [1.165, 1.54) is 23.1 Å². The van der Waals surface area contributed by atoms with Crippen molar-refractivity contribution in [3.8, 4) is 0 Å². The zero-order valence-electron chi connectivity index (χ0n) is 13.8. The van der Waals surface area contributed by atoms with Gasteiger partial charge in [-0.25, -0.2) is 9.97 Å². The number of aryl methyl sites for hydroxylation is 2. The van der Waals surface area contributed by atoms with E-state index in [0.29, 0.717) is 22.8 Å².